The maximum absolute atomic E-state index is 12.3. The molecule has 1 aromatic heterocycles. The Morgan fingerprint density at radius 1 is 1.33 bits per heavy atom. The van der Waals surface area contributed by atoms with Crippen molar-refractivity contribution in [3.8, 4) is 0 Å². The molecule has 3 atom stereocenters. The number of nitrogens with one attached hydrogen (secondary N) is 1. The zero-order chi connectivity index (χ0) is 15.1. The lowest BCUT2D eigenvalue weighted by atomic mass is 9.78. The Morgan fingerprint density at radius 3 is 2.81 bits per heavy atom. The van der Waals surface area contributed by atoms with E-state index in [1.807, 2.05) is 4.57 Å². The molecular weight excluding hydrogens is 268 g/mol. The number of carboxylic acids is 1. The number of aromatic carboxylic acids is 1. The third kappa shape index (κ3) is 2.26. The molecule has 21 heavy (non-hydrogen) atoms. The monoisotopic (exact) mass is 288 g/mol. The number of aromatic amines is 1. The minimum absolute atomic E-state index is 0.140. The molecule has 1 aliphatic carbocycles. The van der Waals surface area contributed by atoms with Crippen LogP contribution in [0.25, 0.3) is 11.0 Å². The first-order valence-corrected chi connectivity index (χ1v) is 7.46. The van der Waals surface area contributed by atoms with Crippen LogP contribution >= 0.6 is 0 Å². The second-order valence-corrected chi connectivity index (χ2v) is 6.17. The summed E-state index contributed by atoms with van der Waals surface area (Å²) in [4.78, 5) is 26.2. The number of nitrogens with zero attached hydrogens (tertiary/aromatic N) is 1. The van der Waals surface area contributed by atoms with Crippen molar-refractivity contribution in [3.63, 3.8) is 0 Å². The highest BCUT2D eigenvalue weighted by atomic mass is 16.4. The van der Waals surface area contributed by atoms with Crippen molar-refractivity contribution < 1.29 is 9.90 Å². The summed E-state index contributed by atoms with van der Waals surface area (Å²) < 4.78 is 1.82. The molecule has 0 bridgehead atoms. The Kier molecular flexibility index (Phi) is 3.35. The molecule has 1 heterocycles. The highest BCUT2D eigenvalue weighted by Gasteiger charge is 2.30. The first kappa shape index (κ1) is 13.9. The Morgan fingerprint density at radius 2 is 2.10 bits per heavy atom. The predicted octanol–water partition coefficient (Wildman–Crippen LogP) is 3.03. The van der Waals surface area contributed by atoms with Gasteiger partial charge in [-0.25, -0.2) is 9.59 Å². The van der Waals surface area contributed by atoms with Crippen molar-refractivity contribution in [3.05, 3.63) is 34.2 Å². The molecule has 1 saturated carbocycles. The number of H-pyrrole nitrogens is 1. The van der Waals surface area contributed by atoms with E-state index in [9.17, 15) is 9.59 Å². The molecule has 5 heteroatoms. The summed E-state index contributed by atoms with van der Waals surface area (Å²) in [7, 11) is 0. The lowest BCUT2D eigenvalue weighted by Gasteiger charge is -2.34. The van der Waals surface area contributed by atoms with Gasteiger partial charge in [-0.3, -0.25) is 4.57 Å². The molecule has 0 spiro atoms. The molecule has 5 nitrogen and oxygen atoms in total. The molecule has 3 rings (SSSR count). The summed E-state index contributed by atoms with van der Waals surface area (Å²) in [5.74, 6) is 0.0543. The second kappa shape index (κ2) is 5.06. The van der Waals surface area contributed by atoms with Crippen molar-refractivity contribution >= 4 is 17.0 Å². The van der Waals surface area contributed by atoms with E-state index in [2.05, 4.69) is 18.8 Å². The van der Waals surface area contributed by atoms with Crippen LogP contribution in [0.15, 0.2) is 23.0 Å². The van der Waals surface area contributed by atoms with Gasteiger partial charge in [-0.1, -0.05) is 26.7 Å². The molecule has 0 radical (unpaired) electrons. The average Bonchev–Trinajstić information content (AvgIpc) is 2.77. The number of benzene rings is 1. The quantitative estimate of drug-likeness (QED) is 0.892. The third-order valence-electron chi connectivity index (χ3n) is 4.96. The number of carboxylic acid groups (broad SMARTS) is 1. The largest absolute Gasteiger partial charge is 0.478 e. The van der Waals surface area contributed by atoms with E-state index < -0.39 is 5.97 Å². The number of imidazole rings is 1. The number of hydrogen-bond acceptors (Lipinski definition) is 2. The van der Waals surface area contributed by atoms with E-state index in [1.54, 1.807) is 12.1 Å². The van der Waals surface area contributed by atoms with Crippen LogP contribution in [0.4, 0.5) is 0 Å². The van der Waals surface area contributed by atoms with Crippen molar-refractivity contribution in [1.29, 1.82) is 0 Å². The maximum Gasteiger partial charge on any atom is 0.335 e. The van der Waals surface area contributed by atoms with Crippen molar-refractivity contribution in [2.75, 3.05) is 0 Å². The Bertz CT molecular complexity index is 744. The van der Waals surface area contributed by atoms with Gasteiger partial charge in [0.15, 0.2) is 0 Å². The summed E-state index contributed by atoms with van der Waals surface area (Å²) in [6.07, 6.45) is 3.33. The minimum Gasteiger partial charge on any atom is -0.478 e. The molecule has 112 valence electrons. The lowest BCUT2D eigenvalue weighted by Crippen LogP contribution is -2.32. The van der Waals surface area contributed by atoms with Gasteiger partial charge in [0.2, 0.25) is 0 Å². The van der Waals surface area contributed by atoms with Crippen LogP contribution < -0.4 is 5.69 Å². The summed E-state index contributed by atoms with van der Waals surface area (Å²) in [6, 6.07) is 5.02. The zero-order valence-electron chi connectivity index (χ0n) is 12.3. The Labute approximate surface area is 122 Å². The van der Waals surface area contributed by atoms with E-state index in [4.69, 9.17) is 5.11 Å². The van der Waals surface area contributed by atoms with Gasteiger partial charge in [0.1, 0.15) is 0 Å². The smallest absolute Gasteiger partial charge is 0.335 e. The number of hydrogen-bond donors (Lipinski definition) is 2. The van der Waals surface area contributed by atoms with Crippen LogP contribution in [0.1, 0.15) is 49.5 Å². The van der Waals surface area contributed by atoms with E-state index >= 15 is 0 Å². The topological polar surface area (TPSA) is 75.1 Å². The molecule has 2 aromatic rings. The summed E-state index contributed by atoms with van der Waals surface area (Å²) >= 11 is 0. The van der Waals surface area contributed by atoms with Gasteiger partial charge in [0.05, 0.1) is 16.6 Å². The fraction of sp³-hybridized carbons (Fsp3) is 0.500. The van der Waals surface area contributed by atoms with Gasteiger partial charge in [0.25, 0.3) is 0 Å². The van der Waals surface area contributed by atoms with Crippen molar-refractivity contribution in [2.24, 2.45) is 11.8 Å². The summed E-state index contributed by atoms with van der Waals surface area (Å²) in [5.41, 5.74) is 1.46. The molecular formula is C16H20N2O3. The number of aromatic nitrogens is 2. The Hall–Kier alpha value is -2.04. The zero-order valence-corrected chi connectivity index (χ0v) is 12.3. The van der Waals surface area contributed by atoms with Gasteiger partial charge >= 0.3 is 11.7 Å². The van der Waals surface area contributed by atoms with Gasteiger partial charge in [-0.15, -0.1) is 0 Å². The maximum atomic E-state index is 12.3. The summed E-state index contributed by atoms with van der Waals surface area (Å²) in [5, 5.41) is 9.05. The minimum atomic E-state index is -0.981. The normalized spacial score (nSPS) is 26.1. The first-order valence-electron chi connectivity index (χ1n) is 7.46. The molecule has 0 aliphatic heterocycles. The Balaban J connectivity index is 2.12. The van der Waals surface area contributed by atoms with E-state index in [1.165, 1.54) is 12.5 Å². The van der Waals surface area contributed by atoms with E-state index in [-0.39, 0.29) is 17.3 Å². The fourth-order valence-corrected chi connectivity index (χ4v) is 3.51. The van der Waals surface area contributed by atoms with Crippen LogP contribution in [0.2, 0.25) is 0 Å². The number of fused-ring (bicyclic) bond motifs is 1. The predicted molar refractivity (Wildman–Crippen MR) is 80.7 cm³/mol. The summed E-state index contributed by atoms with van der Waals surface area (Å²) in [6.45, 7) is 4.44. The molecule has 0 saturated heterocycles. The molecule has 1 aromatic carbocycles. The average molecular weight is 288 g/mol. The standard InChI is InChI=1S/C16H20N2O3/c1-9-4-3-5-13(10(9)2)18-14-7-6-11(15(19)20)8-12(14)17-16(18)21/h6-10,13H,3-5H2,1-2H3,(H,17,21)(H,19,20). The molecule has 1 fully saturated rings. The number of rotatable bonds is 2. The van der Waals surface area contributed by atoms with Gasteiger partial charge in [0, 0.05) is 6.04 Å². The van der Waals surface area contributed by atoms with Crippen molar-refractivity contribution in [2.45, 2.75) is 39.2 Å². The van der Waals surface area contributed by atoms with Crippen molar-refractivity contribution in [1.82, 2.24) is 9.55 Å². The molecule has 0 amide bonds. The fourth-order valence-electron chi connectivity index (χ4n) is 3.51. The number of carbonyl (C=O) groups is 1. The van der Waals surface area contributed by atoms with Gasteiger partial charge in [-0.05, 0) is 36.5 Å². The third-order valence-corrected chi connectivity index (χ3v) is 4.96. The highest BCUT2D eigenvalue weighted by Crippen LogP contribution is 2.38. The van der Waals surface area contributed by atoms with Crippen LogP contribution in [-0.2, 0) is 0 Å². The van der Waals surface area contributed by atoms with Gasteiger partial charge < -0.3 is 10.1 Å². The van der Waals surface area contributed by atoms with E-state index in [0.717, 1.165) is 18.4 Å². The molecule has 1 aliphatic rings. The van der Waals surface area contributed by atoms with Crippen LogP contribution in [0.5, 0.6) is 0 Å². The van der Waals surface area contributed by atoms with Crippen LogP contribution in [0.3, 0.4) is 0 Å². The first-order chi connectivity index (χ1) is 9.99. The van der Waals surface area contributed by atoms with E-state index in [0.29, 0.717) is 17.4 Å². The lowest BCUT2D eigenvalue weighted by molar-refractivity contribution is 0.0697. The van der Waals surface area contributed by atoms with Crippen LogP contribution in [-0.4, -0.2) is 20.6 Å². The molecule has 3 unspecified atom stereocenters. The highest BCUT2D eigenvalue weighted by molar-refractivity contribution is 5.92. The second-order valence-electron chi connectivity index (χ2n) is 6.17. The van der Waals surface area contributed by atoms with Gasteiger partial charge in [-0.2, -0.15) is 0 Å². The SMILES string of the molecule is CC1CCCC(n2c(=O)[nH]c3cc(C(=O)O)ccc32)C1C. The molecule has 2 N–H and O–H groups in total. The van der Waals surface area contributed by atoms with Crippen LogP contribution in [0, 0.1) is 11.8 Å².